The molecule has 6 nitrogen and oxygen atoms in total. The molecular weight excluding hydrogens is 486 g/mol. The van der Waals surface area contributed by atoms with E-state index in [1.807, 2.05) is 0 Å². The van der Waals surface area contributed by atoms with Crippen molar-refractivity contribution >= 4 is 25.4 Å². The summed E-state index contributed by atoms with van der Waals surface area (Å²) in [5.74, 6) is -15.2. The first-order valence-electron chi connectivity index (χ1n) is 9.06. The predicted molar refractivity (Wildman–Crippen MR) is 103 cm³/mol. The molecule has 1 unspecified atom stereocenters. The van der Waals surface area contributed by atoms with Gasteiger partial charge in [0, 0.05) is 5.02 Å². The number of hydrogen-bond donors (Lipinski definition) is 0. The average molecular weight is 503 g/mol. The highest BCUT2D eigenvalue weighted by molar-refractivity contribution is 7.49. The van der Waals surface area contributed by atoms with Crippen LogP contribution in [0.4, 0.5) is 22.0 Å². The fraction of sp³-hybridized carbons (Fsp3) is 0.316. The number of ether oxygens (including phenoxy) is 1. The quantitative estimate of drug-likeness (QED) is 0.126. The lowest BCUT2D eigenvalue weighted by atomic mass is 10.1. The maximum atomic E-state index is 14.0. The average Bonchev–Trinajstić information content (AvgIpc) is 2.76. The maximum absolute atomic E-state index is 14.0. The molecule has 176 valence electrons. The zero-order valence-corrected chi connectivity index (χ0v) is 18.3. The molecule has 0 fully saturated rings. The summed E-state index contributed by atoms with van der Waals surface area (Å²) in [5, 5.41) is 0.261. The second kappa shape index (κ2) is 11.0. The van der Waals surface area contributed by atoms with Gasteiger partial charge in [-0.2, -0.15) is 8.78 Å². The Morgan fingerprint density at radius 3 is 2.03 bits per heavy atom. The smallest absolute Gasteiger partial charge is 0.466 e. The Hall–Kier alpha value is -2.36. The Bertz CT molecular complexity index is 991. The second-order valence-corrected chi connectivity index (χ2v) is 8.21. The summed E-state index contributed by atoms with van der Waals surface area (Å²) >= 11 is 5.73. The van der Waals surface area contributed by atoms with E-state index in [9.17, 15) is 31.3 Å². The van der Waals surface area contributed by atoms with Crippen molar-refractivity contribution in [3.63, 3.8) is 0 Å². The summed E-state index contributed by atoms with van der Waals surface area (Å²) in [4.78, 5) is 11.7. The predicted octanol–water partition coefficient (Wildman–Crippen LogP) is 6.21. The molecule has 0 aliphatic heterocycles. The highest BCUT2D eigenvalue weighted by Gasteiger charge is 2.37. The van der Waals surface area contributed by atoms with Crippen molar-refractivity contribution in [2.45, 2.75) is 20.3 Å². The van der Waals surface area contributed by atoms with Crippen molar-refractivity contribution in [3.8, 4) is 11.5 Å². The van der Waals surface area contributed by atoms with E-state index in [2.05, 4.69) is 4.52 Å². The van der Waals surface area contributed by atoms with E-state index in [1.165, 1.54) is 31.2 Å². The van der Waals surface area contributed by atoms with Crippen LogP contribution in [0.5, 0.6) is 11.5 Å². The highest BCUT2D eigenvalue weighted by Crippen LogP contribution is 2.51. The van der Waals surface area contributed by atoms with E-state index in [-0.39, 0.29) is 23.8 Å². The molecule has 0 aliphatic rings. The Labute approximate surface area is 184 Å². The molecule has 2 aromatic carbocycles. The molecule has 0 aliphatic carbocycles. The summed E-state index contributed by atoms with van der Waals surface area (Å²) < 4.78 is 101. The maximum Gasteiger partial charge on any atom is 0.587 e. The minimum absolute atomic E-state index is 0.0900. The van der Waals surface area contributed by atoms with Gasteiger partial charge in [-0.1, -0.05) is 18.5 Å². The van der Waals surface area contributed by atoms with Gasteiger partial charge in [0.15, 0.2) is 0 Å². The number of esters is 1. The number of carbonyl (C=O) groups is 1. The van der Waals surface area contributed by atoms with E-state index >= 15 is 0 Å². The number of rotatable bonds is 10. The molecule has 0 radical (unpaired) electrons. The van der Waals surface area contributed by atoms with Crippen LogP contribution in [-0.4, -0.2) is 19.2 Å². The van der Waals surface area contributed by atoms with E-state index in [0.29, 0.717) is 0 Å². The summed E-state index contributed by atoms with van der Waals surface area (Å²) in [6, 6.07) is 5.01. The number of halogens is 6. The van der Waals surface area contributed by atoms with Gasteiger partial charge in [-0.25, -0.2) is 17.7 Å². The van der Waals surface area contributed by atoms with Crippen LogP contribution >= 0.6 is 19.4 Å². The van der Waals surface area contributed by atoms with Gasteiger partial charge in [-0.05, 0) is 37.6 Å². The standard InChI is InChI=1S/C19H17ClF5O6P/c1-3-28-19(26)10(2)8-9-29-32(27,30-12-6-4-11(20)5-7-12)31-18-16(24)14(22)13(21)15(23)17(18)25/h4-7,10H,3,8-9H2,1-2H3/t10-,32?/m0/s1. The molecule has 0 amide bonds. The monoisotopic (exact) mass is 502 g/mol. The summed E-state index contributed by atoms with van der Waals surface area (Å²) in [7, 11) is -5.02. The second-order valence-electron chi connectivity index (χ2n) is 6.26. The number of phosphoric ester groups is 1. The molecule has 2 atom stereocenters. The van der Waals surface area contributed by atoms with Crippen LogP contribution < -0.4 is 9.05 Å². The molecule has 13 heteroatoms. The Morgan fingerprint density at radius 2 is 1.50 bits per heavy atom. The van der Waals surface area contributed by atoms with Gasteiger partial charge < -0.3 is 13.8 Å². The summed E-state index contributed by atoms with van der Waals surface area (Å²) in [6.45, 7) is 2.66. The van der Waals surface area contributed by atoms with Gasteiger partial charge in [0.05, 0.1) is 19.1 Å². The SMILES string of the molecule is CCOC(=O)[C@@H](C)CCOP(=O)(Oc1ccc(Cl)cc1)Oc1c(F)c(F)c(F)c(F)c1F. The Balaban J connectivity index is 2.31. The summed E-state index contributed by atoms with van der Waals surface area (Å²) in [5.41, 5.74) is 0. The zero-order valence-electron chi connectivity index (χ0n) is 16.7. The van der Waals surface area contributed by atoms with Gasteiger partial charge in [-0.3, -0.25) is 9.32 Å². The fourth-order valence-corrected chi connectivity index (χ4v) is 3.58. The minimum Gasteiger partial charge on any atom is -0.466 e. The largest absolute Gasteiger partial charge is 0.587 e. The molecule has 0 saturated carbocycles. The lowest BCUT2D eigenvalue weighted by molar-refractivity contribution is -0.147. The van der Waals surface area contributed by atoms with Gasteiger partial charge in [0.25, 0.3) is 0 Å². The fourth-order valence-electron chi connectivity index (χ4n) is 2.22. The third-order valence-electron chi connectivity index (χ3n) is 3.89. The minimum atomic E-state index is -5.02. The first-order valence-corrected chi connectivity index (χ1v) is 10.9. The van der Waals surface area contributed by atoms with Gasteiger partial charge >= 0.3 is 13.8 Å². The van der Waals surface area contributed by atoms with Crippen LogP contribution in [0.1, 0.15) is 20.3 Å². The molecule has 0 saturated heterocycles. The molecule has 0 aromatic heterocycles. The normalized spacial score (nSPS) is 13.9. The first-order chi connectivity index (χ1) is 15.0. The Kier molecular flexibility index (Phi) is 8.89. The summed E-state index contributed by atoms with van der Waals surface area (Å²) in [6.07, 6.45) is -0.0900. The molecule has 2 rings (SSSR count). The van der Waals surface area contributed by atoms with Crippen molar-refractivity contribution in [1.29, 1.82) is 0 Å². The third kappa shape index (κ3) is 6.34. The molecule has 2 aromatic rings. The number of benzene rings is 2. The van der Waals surface area contributed by atoms with E-state index < -0.39 is 61.2 Å². The number of phosphoric acid groups is 1. The van der Waals surface area contributed by atoms with E-state index in [4.69, 9.17) is 25.4 Å². The molecule has 32 heavy (non-hydrogen) atoms. The van der Waals surface area contributed by atoms with Crippen molar-refractivity contribution in [3.05, 3.63) is 58.4 Å². The number of hydrogen-bond acceptors (Lipinski definition) is 6. The van der Waals surface area contributed by atoms with Crippen LogP contribution in [0.25, 0.3) is 0 Å². The van der Waals surface area contributed by atoms with Gasteiger partial charge in [0.1, 0.15) is 5.75 Å². The molecule has 0 N–H and O–H groups in total. The zero-order chi connectivity index (χ0) is 24.1. The highest BCUT2D eigenvalue weighted by atomic mass is 35.5. The molecule has 0 heterocycles. The topological polar surface area (TPSA) is 71.1 Å². The third-order valence-corrected chi connectivity index (χ3v) is 5.48. The molecule has 0 bridgehead atoms. The van der Waals surface area contributed by atoms with Crippen molar-refractivity contribution in [1.82, 2.24) is 0 Å². The lowest BCUT2D eigenvalue weighted by Gasteiger charge is -2.20. The van der Waals surface area contributed by atoms with Crippen LogP contribution in [-0.2, 0) is 18.6 Å². The van der Waals surface area contributed by atoms with Crippen LogP contribution in [0.15, 0.2) is 24.3 Å². The number of carbonyl (C=O) groups excluding carboxylic acids is 1. The van der Waals surface area contributed by atoms with E-state index in [0.717, 1.165) is 0 Å². The Morgan fingerprint density at radius 1 is 0.969 bits per heavy atom. The van der Waals surface area contributed by atoms with Crippen LogP contribution in [0, 0.1) is 35.0 Å². The lowest BCUT2D eigenvalue weighted by Crippen LogP contribution is -2.17. The van der Waals surface area contributed by atoms with Crippen LogP contribution in [0.2, 0.25) is 5.02 Å². The van der Waals surface area contributed by atoms with E-state index in [1.54, 1.807) is 6.92 Å². The first kappa shape index (κ1) is 25.9. The van der Waals surface area contributed by atoms with Crippen LogP contribution in [0.3, 0.4) is 0 Å². The molecular formula is C19H17ClF5O6P. The molecule has 0 spiro atoms. The van der Waals surface area contributed by atoms with Gasteiger partial charge in [0.2, 0.25) is 34.8 Å². The van der Waals surface area contributed by atoms with Crippen molar-refractivity contribution < 1.29 is 49.6 Å². The van der Waals surface area contributed by atoms with Crippen molar-refractivity contribution in [2.24, 2.45) is 5.92 Å². The van der Waals surface area contributed by atoms with Gasteiger partial charge in [-0.15, -0.1) is 0 Å². The van der Waals surface area contributed by atoms with Crippen molar-refractivity contribution in [2.75, 3.05) is 13.2 Å².